The first-order valence-corrected chi connectivity index (χ1v) is 8.79. The van der Waals surface area contributed by atoms with Crippen molar-refractivity contribution in [2.45, 2.75) is 10.9 Å². The van der Waals surface area contributed by atoms with Crippen LogP contribution in [0, 0.1) is 0 Å². The quantitative estimate of drug-likeness (QED) is 0.817. The van der Waals surface area contributed by atoms with Crippen molar-refractivity contribution < 1.29 is 8.42 Å². The number of anilines is 1. The number of sulfone groups is 1. The van der Waals surface area contributed by atoms with Gasteiger partial charge in [0.1, 0.15) is 10.7 Å². The van der Waals surface area contributed by atoms with Gasteiger partial charge in [-0.05, 0) is 12.1 Å². The fourth-order valence-corrected chi connectivity index (χ4v) is 3.58. The van der Waals surface area contributed by atoms with Gasteiger partial charge in [0.05, 0.1) is 0 Å². The molecular weight excluding hydrogens is 276 g/mol. The van der Waals surface area contributed by atoms with Crippen LogP contribution in [0.15, 0.2) is 23.2 Å². The third-order valence-corrected chi connectivity index (χ3v) is 5.16. The summed E-state index contributed by atoms with van der Waals surface area (Å²) in [7, 11) is -3.23. The molecule has 1 aromatic rings. The van der Waals surface area contributed by atoms with Crippen molar-refractivity contribution in [1.29, 1.82) is 0 Å². The topological polar surface area (TPSA) is 65.5 Å². The number of aromatic nitrogens is 1. The second-order valence-electron chi connectivity index (χ2n) is 5.43. The van der Waals surface area contributed by atoms with E-state index in [2.05, 4.69) is 20.1 Å². The summed E-state index contributed by atoms with van der Waals surface area (Å²) in [5, 5.41) is 3.28. The van der Waals surface area contributed by atoms with Crippen LogP contribution in [0.25, 0.3) is 0 Å². The first kappa shape index (κ1) is 13.8. The van der Waals surface area contributed by atoms with E-state index in [1.54, 1.807) is 18.3 Å². The lowest BCUT2D eigenvalue weighted by Gasteiger charge is -2.43. The van der Waals surface area contributed by atoms with Gasteiger partial charge >= 0.3 is 0 Å². The van der Waals surface area contributed by atoms with Gasteiger partial charge < -0.3 is 10.2 Å². The second kappa shape index (κ2) is 5.31. The Hall–Kier alpha value is -1.18. The lowest BCUT2D eigenvalue weighted by Crippen LogP contribution is -2.61. The Morgan fingerprint density at radius 2 is 1.95 bits per heavy atom. The number of hydrogen-bond acceptors (Lipinski definition) is 6. The molecule has 0 saturated carbocycles. The second-order valence-corrected chi connectivity index (χ2v) is 7.42. The summed E-state index contributed by atoms with van der Waals surface area (Å²) in [4.78, 5) is 9.17. The van der Waals surface area contributed by atoms with E-state index < -0.39 is 9.84 Å². The molecule has 6 nitrogen and oxygen atoms in total. The molecule has 0 radical (unpaired) electrons. The van der Waals surface area contributed by atoms with E-state index in [-0.39, 0.29) is 0 Å². The van der Waals surface area contributed by atoms with Gasteiger partial charge in [0, 0.05) is 57.8 Å². The molecule has 0 bridgehead atoms. The maximum Gasteiger partial charge on any atom is 0.179 e. The van der Waals surface area contributed by atoms with E-state index in [1.807, 2.05) is 0 Å². The molecule has 2 aliphatic rings. The average molecular weight is 296 g/mol. The zero-order valence-corrected chi connectivity index (χ0v) is 12.4. The molecule has 0 spiro atoms. The van der Waals surface area contributed by atoms with Crippen LogP contribution in [0.5, 0.6) is 0 Å². The zero-order chi connectivity index (χ0) is 14.2. The van der Waals surface area contributed by atoms with Gasteiger partial charge in [-0.1, -0.05) is 0 Å². The molecule has 110 valence electrons. The molecule has 0 aliphatic carbocycles. The summed E-state index contributed by atoms with van der Waals surface area (Å²) in [5.41, 5.74) is 0. The van der Waals surface area contributed by atoms with Gasteiger partial charge in [0.2, 0.25) is 0 Å². The van der Waals surface area contributed by atoms with Crippen molar-refractivity contribution in [3.05, 3.63) is 18.3 Å². The summed E-state index contributed by atoms with van der Waals surface area (Å²) in [5.74, 6) is 0.599. The Morgan fingerprint density at radius 1 is 1.25 bits per heavy atom. The summed E-state index contributed by atoms with van der Waals surface area (Å²) in [6, 6.07) is 3.96. The third-order valence-electron chi connectivity index (χ3n) is 4.04. The number of piperazine rings is 1. The van der Waals surface area contributed by atoms with Crippen LogP contribution in [-0.4, -0.2) is 69.9 Å². The molecule has 0 aromatic carbocycles. The van der Waals surface area contributed by atoms with Crippen LogP contribution < -0.4 is 10.2 Å². The highest BCUT2D eigenvalue weighted by Gasteiger charge is 2.29. The Morgan fingerprint density at radius 3 is 2.50 bits per heavy atom. The highest BCUT2D eigenvalue weighted by Crippen LogP contribution is 2.23. The molecule has 20 heavy (non-hydrogen) atoms. The molecule has 7 heteroatoms. The molecular formula is C13H20N4O2S. The highest BCUT2D eigenvalue weighted by molar-refractivity contribution is 7.90. The van der Waals surface area contributed by atoms with Crippen molar-refractivity contribution in [3.8, 4) is 0 Å². The Bertz CT molecular complexity index is 578. The Balaban J connectivity index is 1.75. The molecule has 0 unspecified atom stereocenters. The Kier molecular flexibility index (Phi) is 3.66. The van der Waals surface area contributed by atoms with E-state index in [9.17, 15) is 8.42 Å². The van der Waals surface area contributed by atoms with Crippen molar-refractivity contribution >= 4 is 15.7 Å². The normalized spacial score (nSPS) is 21.8. The van der Waals surface area contributed by atoms with Gasteiger partial charge in [-0.15, -0.1) is 0 Å². The van der Waals surface area contributed by atoms with Gasteiger partial charge in [-0.3, -0.25) is 4.90 Å². The maximum atomic E-state index is 11.8. The predicted molar refractivity (Wildman–Crippen MR) is 77.8 cm³/mol. The smallest absolute Gasteiger partial charge is 0.179 e. The van der Waals surface area contributed by atoms with Gasteiger partial charge in [0.25, 0.3) is 0 Å². The van der Waals surface area contributed by atoms with Gasteiger partial charge in [-0.2, -0.15) is 0 Å². The summed E-state index contributed by atoms with van der Waals surface area (Å²) in [6.45, 7) is 5.72. The number of nitrogens with zero attached hydrogens (tertiary/aromatic N) is 3. The third kappa shape index (κ3) is 2.65. The monoisotopic (exact) mass is 296 g/mol. The van der Waals surface area contributed by atoms with Crippen LogP contribution in [0.4, 0.5) is 5.82 Å². The maximum absolute atomic E-state index is 11.8. The minimum Gasteiger partial charge on any atom is -0.353 e. The van der Waals surface area contributed by atoms with E-state index >= 15 is 0 Å². The highest BCUT2D eigenvalue weighted by atomic mass is 32.2. The first-order chi connectivity index (χ1) is 9.55. The van der Waals surface area contributed by atoms with E-state index in [1.165, 1.54) is 6.26 Å². The zero-order valence-electron chi connectivity index (χ0n) is 11.6. The van der Waals surface area contributed by atoms with Crippen LogP contribution in [-0.2, 0) is 9.84 Å². The van der Waals surface area contributed by atoms with Crippen molar-refractivity contribution in [3.63, 3.8) is 0 Å². The molecule has 3 rings (SSSR count). The van der Waals surface area contributed by atoms with Crippen LogP contribution in [0.2, 0.25) is 0 Å². The fraction of sp³-hybridized carbons (Fsp3) is 0.615. The molecule has 2 saturated heterocycles. The van der Waals surface area contributed by atoms with E-state index in [4.69, 9.17) is 0 Å². The minimum atomic E-state index is -3.23. The standard InChI is InChI=1S/C13H20N4O2S/c1-20(18,19)12-3-2-4-15-13(12)17-7-5-16(6-8-17)11-9-14-10-11/h2-4,11,14H,5-10H2,1H3. The average Bonchev–Trinajstić information content (AvgIpc) is 2.37. The molecule has 1 N–H and O–H groups in total. The number of hydrogen-bond donors (Lipinski definition) is 1. The van der Waals surface area contributed by atoms with Crippen LogP contribution in [0.3, 0.4) is 0 Å². The van der Waals surface area contributed by atoms with Gasteiger partial charge in [0.15, 0.2) is 9.84 Å². The molecule has 2 fully saturated rings. The fourth-order valence-electron chi connectivity index (χ4n) is 2.74. The number of nitrogens with one attached hydrogen (secondary N) is 1. The lowest BCUT2D eigenvalue weighted by molar-refractivity contribution is 0.137. The molecule has 0 atom stereocenters. The number of rotatable bonds is 3. The van der Waals surface area contributed by atoms with Crippen LogP contribution >= 0.6 is 0 Å². The lowest BCUT2D eigenvalue weighted by atomic mass is 10.1. The van der Waals surface area contributed by atoms with E-state index in [0.29, 0.717) is 16.8 Å². The molecule has 2 aliphatic heterocycles. The van der Waals surface area contributed by atoms with Crippen molar-refractivity contribution in [2.24, 2.45) is 0 Å². The summed E-state index contributed by atoms with van der Waals surface area (Å²) < 4.78 is 23.7. The predicted octanol–water partition coefficient (Wildman–Crippen LogP) is -0.421. The molecule has 1 aromatic heterocycles. The Labute approximate surface area is 119 Å². The van der Waals surface area contributed by atoms with Crippen LogP contribution in [0.1, 0.15) is 0 Å². The van der Waals surface area contributed by atoms with Crippen molar-refractivity contribution in [1.82, 2.24) is 15.2 Å². The van der Waals surface area contributed by atoms with Crippen molar-refractivity contribution in [2.75, 3.05) is 50.4 Å². The van der Waals surface area contributed by atoms with Gasteiger partial charge in [-0.25, -0.2) is 13.4 Å². The summed E-state index contributed by atoms with van der Waals surface area (Å²) in [6.07, 6.45) is 2.90. The largest absolute Gasteiger partial charge is 0.353 e. The summed E-state index contributed by atoms with van der Waals surface area (Å²) >= 11 is 0. The minimum absolute atomic E-state index is 0.332. The molecule has 0 amide bonds. The number of pyridine rings is 1. The molecule has 3 heterocycles. The first-order valence-electron chi connectivity index (χ1n) is 6.90. The van der Waals surface area contributed by atoms with E-state index in [0.717, 1.165) is 39.3 Å². The SMILES string of the molecule is CS(=O)(=O)c1cccnc1N1CCN(C2CNC2)CC1.